The third-order valence-corrected chi connectivity index (χ3v) is 10.5. The Bertz CT molecular complexity index is 1810. The third-order valence-electron chi connectivity index (χ3n) is 8.13. The number of urea groups is 1. The lowest BCUT2D eigenvalue weighted by atomic mass is 10.0. The van der Waals surface area contributed by atoms with E-state index in [2.05, 4.69) is 32.9 Å². The fourth-order valence-electron chi connectivity index (χ4n) is 6.06. The Morgan fingerprint density at radius 2 is 1.90 bits per heavy atom. The Balaban J connectivity index is 1.02. The zero-order chi connectivity index (χ0) is 28.8. The number of amides is 2. The number of carbonyl (C=O) groups excluding carboxylic acids is 2. The van der Waals surface area contributed by atoms with Crippen LogP contribution >= 0.6 is 23.1 Å². The van der Waals surface area contributed by atoms with Crippen molar-refractivity contribution in [3.05, 3.63) is 53.7 Å². The highest BCUT2D eigenvalue weighted by atomic mass is 32.2. The number of fused-ring (bicyclic) bond motifs is 3. The highest BCUT2D eigenvalue weighted by Gasteiger charge is 2.42. The summed E-state index contributed by atoms with van der Waals surface area (Å²) in [5.41, 5.74) is 5.99. The van der Waals surface area contributed by atoms with Crippen LogP contribution in [0, 0.1) is 6.92 Å². The van der Waals surface area contributed by atoms with Gasteiger partial charge in [0.2, 0.25) is 0 Å². The molecular formula is C31H31N5O4S2. The number of aryl methyl sites for hydroxylation is 1. The molecule has 3 aromatic heterocycles. The Kier molecular flexibility index (Phi) is 7.07. The first kappa shape index (κ1) is 26.9. The lowest BCUT2D eigenvalue weighted by Crippen LogP contribution is -2.36. The molecule has 0 aliphatic carbocycles. The van der Waals surface area contributed by atoms with Crippen LogP contribution in [0.5, 0.6) is 11.5 Å². The second-order valence-corrected chi connectivity index (χ2v) is 13.0. The van der Waals surface area contributed by atoms with Crippen LogP contribution in [0.15, 0.2) is 48.0 Å². The van der Waals surface area contributed by atoms with Crippen molar-refractivity contribution in [2.45, 2.75) is 49.9 Å². The SMILES string of the molecule is COc1ccc2[nH]c(C)c(-c3csc(-c4c[nH]c5ccc(OC(=O)CCCC[C@@H]6SC[C@@H]7NC(=O)N[C@@H]76)cc45)n3)c2c1. The molecule has 3 atom stereocenters. The van der Waals surface area contributed by atoms with E-state index in [1.807, 2.05) is 54.4 Å². The number of esters is 1. The van der Waals surface area contributed by atoms with Gasteiger partial charge in [-0.1, -0.05) is 6.42 Å². The van der Waals surface area contributed by atoms with Crippen LogP contribution in [0.2, 0.25) is 0 Å². The van der Waals surface area contributed by atoms with Crippen molar-refractivity contribution in [3.8, 4) is 33.3 Å². The zero-order valence-corrected chi connectivity index (χ0v) is 24.9. The van der Waals surface area contributed by atoms with E-state index in [0.29, 0.717) is 17.4 Å². The number of nitrogens with one attached hydrogen (secondary N) is 4. The summed E-state index contributed by atoms with van der Waals surface area (Å²) in [4.78, 5) is 36.0. The summed E-state index contributed by atoms with van der Waals surface area (Å²) in [6.07, 6.45) is 4.97. The summed E-state index contributed by atoms with van der Waals surface area (Å²) in [5.74, 6) is 2.04. The van der Waals surface area contributed by atoms with E-state index < -0.39 is 0 Å². The van der Waals surface area contributed by atoms with E-state index in [1.54, 1.807) is 18.4 Å². The molecule has 9 nitrogen and oxygen atoms in total. The minimum absolute atomic E-state index is 0.0675. The summed E-state index contributed by atoms with van der Waals surface area (Å²) >= 11 is 3.48. The Morgan fingerprint density at radius 1 is 1.07 bits per heavy atom. The van der Waals surface area contributed by atoms with Crippen LogP contribution in [0.3, 0.4) is 0 Å². The molecule has 5 aromatic rings. The maximum absolute atomic E-state index is 12.7. The van der Waals surface area contributed by atoms with E-state index in [9.17, 15) is 9.59 Å². The largest absolute Gasteiger partial charge is 0.497 e. The summed E-state index contributed by atoms with van der Waals surface area (Å²) in [6.45, 7) is 2.06. The number of unbranched alkanes of at least 4 members (excludes halogenated alkanes) is 1. The Hall–Kier alpha value is -3.96. The third kappa shape index (κ3) is 5.00. The molecule has 216 valence electrons. The van der Waals surface area contributed by atoms with E-state index in [0.717, 1.165) is 80.1 Å². The first-order valence-electron chi connectivity index (χ1n) is 14.1. The van der Waals surface area contributed by atoms with Crippen LogP contribution < -0.4 is 20.1 Å². The van der Waals surface area contributed by atoms with Gasteiger partial charge in [0.1, 0.15) is 16.5 Å². The molecule has 0 saturated carbocycles. The molecule has 0 bridgehead atoms. The monoisotopic (exact) mass is 601 g/mol. The fourth-order valence-corrected chi connectivity index (χ4v) is 8.44. The van der Waals surface area contributed by atoms with Gasteiger partial charge < -0.3 is 30.1 Å². The lowest BCUT2D eigenvalue weighted by molar-refractivity contribution is -0.134. The van der Waals surface area contributed by atoms with Gasteiger partial charge in [-0.25, -0.2) is 9.78 Å². The molecular weight excluding hydrogens is 571 g/mol. The quantitative estimate of drug-likeness (QED) is 0.0673. The number of thioether (sulfide) groups is 1. The zero-order valence-electron chi connectivity index (χ0n) is 23.3. The number of nitrogens with zero attached hydrogens (tertiary/aromatic N) is 1. The number of aromatic nitrogens is 3. The van der Waals surface area contributed by atoms with Crippen molar-refractivity contribution in [2.24, 2.45) is 0 Å². The molecule has 2 aromatic carbocycles. The lowest BCUT2D eigenvalue weighted by Gasteiger charge is -2.16. The summed E-state index contributed by atoms with van der Waals surface area (Å²) in [6, 6.07) is 12.0. The second-order valence-electron chi connectivity index (χ2n) is 10.8. The van der Waals surface area contributed by atoms with Crippen molar-refractivity contribution in [2.75, 3.05) is 12.9 Å². The molecule has 2 fully saturated rings. The molecule has 4 N–H and O–H groups in total. The van der Waals surface area contributed by atoms with Crippen LogP contribution in [0.1, 0.15) is 31.4 Å². The molecule has 0 unspecified atom stereocenters. The van der Waals surface area contributed by atoms with Gasteiger partial charge in [0, 0.05) is 67.6 Å². The fraction of sp³-hybridized carbons (Fsp3) is 0.323. The van der Waals surface area contributed by atoms with E-state index >= 15 is 0 Å². The number of methoxy groups -OCH3 is 1. The highest BCUT2D eigenvalue weighted by molar-refractivity contribution is 8.00. The molecule has 2 amide bonds. The number of hydrogen-bond donors (Lipinski definition) is 4. The van der Waals surface area contributed by atoms with Crippen LogP contribution in [-0.4, -0.2) is 57.1 Å². The molecule has 11 heteroatoms. The minimum Gasteiger partial charge on any atom is -0.497 e. The molecule has 2 aliphatic rings. The first-order chi connectivity index (χ1) is 20.5. The van der Waals surface area contributed by atoms with Crippen LogP contribution in [0.25, 0.3) is 43.6 Å². The van der Waals surface area contributed by atoms with Crippen LogP contribution in [0.4, 0.5) is 4.79 Å². The van der Waals surface area contributed by atoms with Gasteiger partial charge in [-0.2, -0.15) is 11.8 Å². The second kappa shape index (κ2) is 11.0. The van der Waals surface area contributed by atoms with E-state index in [-0.39, 0.29) is 24.1 Å². The smallest absolute Gasteiger partial charge is 0.315 e. The molecule has 0 radical (unpaired) electrons. The standard InChI is InChI=1S/C31H31N5O4S2/c1-16-28(20-11-17(39-2)7-10-23(20)33-16)24-14-42-30(34-24)21-13-32-22-9-8-18(12-19(21)22)40-27(37)6-4-3-5-26-29-25(15-41-26)35-31(38)36-29/h7-14,25-26,29,32-33H,3-6,15H2,1-2H3,(H2,35,36,38)/t25-,26-,29-/m0/s1. The average Bonchev–Trinajstić information content (AvgIpc) is 3.79. The number of rotatable bonds is 9. The minimum atomic E-state index is -0.235. The molecule has 2 aliphatic heterocycles. The average molecular weight is 602 g/mol. The topological polar surface area (TPSA) is 121 Å². The van der Waals surface area contributed by atoms with Gasteiger partial charge in [0.05, 0.1) is 24.9 Å². The van der Waals surface area contributed by atoms with Crippen molar-refractivity contribution in [1.82, 2.24) is 25.6 Å². The van der Waals surface area contributed by atoms with Crippen molar-refractivity contribution >= 4 is 56.9 Å². The number of H-pyrrole nitrogens is 2. The first-order valence-corrected chi connectivity index (χ1v) is 16.0. The summed E-state index contributed by atoms with van der Waals surface area (Å²) in [5, 5.41) is 11.4. The Labute approximate surface area is 250 Å². The van der Waals surface area contributed by atoms with Gasteiger partial charge in [-0.05, 0) is 56.2 Å². The van der Waals surface area contributed by atoms with Crippen LogP contribution in [-0.2, 0) is 4.79 Å². The summed E-state index contributed by atoms with van der Waals surface area (Å²) < 4.78 is 11.2. The predicted octanol–water partition coefficient (Wildman–Crippen LogP) is 6.39. The number of benzene rings is 2. The van der Waals surface area contributed by atoms with Gasteiger partial charge in [0.25, 0.3) is 0 Å². The number of ether oxygens (including phenoxy) is 2. The maximum atomic E-state index is 12.7. The van der Waals surface area contributed by atoms with Crippen molar-refractivity contribution in [3.63, 3.8) is 0 Å². The summed E-state index contributed by atoms with van der Waals surface area (Å²) in [7, 11) is 1.67. The number of aromatic amines is 2. The number of thiazole rings is 1. The highest BCUT2D eigenvalue weighted by Crippen LogP contribution is 2.39. The molecule has 2 saturated heterocycles. The predicted molar refractivity (Wildman–Crippen MR) is 168 cm³/mol. The van der Waals surface area contributed by atoms with Gasteiger partial charge in [-0.15, -0.1) is 11.3 Å². The van der Waals surface area contributed by atoms with Crippen molar-refractivity contribution < 1.29 is 19.1 Å². The van der Waals surface area contributed by atoms with Gasteiger partial charge >= 0.3 is 12.0 Å². The molecule has 0 spiro atoms. The molecule has 7 rings (SSSR count). The van der Waals surface area contributed by atoms with E-state index in [4.69, 9.17) is 14.5 Å². The Morgan fingerprint density at radius 3 is 2.79 bits per heavy atom. The normalized spacial score (nSPS) is 19.7. The van der Waals surface area contributed by atoms with Gasteiger partial charge in [0.15, 0.2) is 0 Å². The van der Waals surface area contributed by atoms with Crippen molar-refractivity contribution in [1.29, 1.82) is 0 Å². The maximum Gasteiger partial charge on any atom is 0.315 e. The molecule has 42 heavy (non-hydrogen) atoms. The number of hydrogen-bond acceptors (Lipinski definition) is 7. The van der Waals surface area contributed by atoms with Gasteiger partial charge in [-0.3, -0.25) is 4.79 Å². The van der Waals surface area contributed by atoms with E-state index in [1.165, 1.54) is 0 Å². The number of carbonyl (C=O) groups is 2. The molecule has 5 heterocycles.